The summed E-state index contributed by atoms with van der Waals surface area (Å²) in [6.07, 6.45) is 6.76. The maximum atomic E-state index is 11.0. The lowest BCUT2D eigenvalue weighted by Crippen LogP contribution is -2.18. The molecule has 1 rings (SSSR count). The first-order chi connectivity index (χ1) is 8.24. The van der Waals surface area contributed by atoms with E-state index in [0.717, 1.165) is 5.56 Å². The minimum atomic E-state index is -0.302. The number of hydrogen-bond acceptors (Lipinski definition) is 4. The molecule has 1 aromatic rings. The smallest absolute Gasteiger partial charge is 0.330 e. The van der Waals surface area contributed by atoms with Crippen LogP contribution in [-0.2, 0) is 9.53 Å². The van der Waals surface area contributed by atoms with Gasteiger partial charge in [-0.05, 0) is 25.5 Å². The molecule has 1 heterocycles. The van der Waals surface area contributed by atoms with Crippen molar-refractivity contribution in [2.45, 2.75) is 19.9 Å². The molecular weight excluding hydrogens is 216 g/mol. The molecule has 1 aromatic heterocycles. The Balaban J connectivity index is 2.29. The number of carbonyl (C=O) groups is 1. The van der Waals surface area contributed by atoms with E-state index in [1.54, 1.807) is 19.2 Å². The van der Waals surface area contributed by atoms with Gasteiger partial charge in [0.15, 0.2) is 0 Å². The van der Waals surface area contributed by atoms with Gasteiger partial charge in [0.1, 0.15) is 0 Å². The van der Waals surface area contributed by atoms with Crippen LogP contribution in [0.4, 0.5) is 0 Å². The molecule has 0 saturated heterocycles. The number of hydrogen-bond donors (Lipinski definition) is 1. The SMILES string of the molecule is CCOC(=O)/C=C/CNC(C)c1cccnc1. The maximum absolute atomic E-state index is 11.0. The van der Waals surface area contributed by atoms with Crippen molar-refractivity contribution in [3.63, 3.8) is 0 Å². The van der Waals surface area contributed by atoms with E-state index in [4.69, 9.17) is 4.74 Å². The summed E-state index contributed by atoms with van der Waals surface area (Å²) in [5, 5.41) is 3.26. The molecule has 0 aliphatic heterocycles. The third-order valence-corrected chi connectivity index (χ3v) is 2.27. The number of carbonyl (C=O) groups excluding carboxylic acids is 1. The van der Waals surface area contributed by atoms with Crippen LogP contribution in [0.1, 0.15) is 25.5 Å². The summed E-state index contributed by atoms with van der Waals surface area (Å²) in [4.78, 5) is 15.1. The van der Waals surface area contributed by atoms with Crippen LogP contribution >= 0.6 is 0 Å². The molecule has 1 unspecified atom stereocenters. The topological polar surface area (TPSA) is 51.2 Å². The minimum absolute atomic E-state index is 0.204. The third-order valence-electron chi connectivity index (χ3n) is 2.27. The number of esters is 1. The Morgan fingerprint density at radius 3 is 3.12 bits per heavy atom. The average molecular weight is 234 g/mol. The second kappa shape index (κ2) is 7.57. The number of rotatable bonds is 6. The highest BCUT2D eigenvalue weighted by atomic mass is 16.5. The Kier molecular flexibility index (Phi) is 5.96. The Labute approximate surface area is 102 Å². The second-order valence-electron chi connectivity index (χ2n) is 3.57. The molecule has 0 aliphatic carbocycles. The molecule has 0 spiro atoms. The van der Waals surface area contributed by atoms with Gasteiger partial charge in [-0.1, -0.05) is 12.1 Å². The molecule has 1 N–H and O–H groups in total. The number of pyridine rings is 1. The van der Waals surface area contributed by atoms with Crippen molar-refractivity contribution in [1.82, 2.24) is 10.3 Å². The lowest BCUT2D eigenvalue weighted by molar-refractivity contribution is -0.137. The van der Waals surface area contributed by atoms with E-state index in [0.29, 0.717) is 13.2 Å². The van der Waals surface area contributed by atoms with Crippen LogP contribution in [0.2, 0.25) is 0 Å². The standard InChI is InChI=1S/C13H18N2O2/c1-3-17-13(16)7-5-9-15-11(2)12-6-4-8-14-10-12/h4-8,10-11,15H,3,9H2,1-2H3/b7-5+. The van der Waals surface area contributed by atoms with Crippen molar-refractivity contribution in [3.8, 4) is 0 Å². The quantitative estimate of drug-likeness (QED) is 0.603. The summed E-state index contributed by atoms with van der Waals surface area (Å²) in [5.74, 6) is -0.302. The number of nitrogens with one attached hydrogen (secondary N) is 1. The summed E-state index contributed by atoms with van der Waals surface area (Å²) in [6.45, 7) is 4.86. The van der Waals surface area contributed by atoms with Gasteiger partial charge in [0.05, 0.1) is 6.61 Å². The van der Waals surface area contributed by atoms with Crippen LogP contribution in [0.25, 0.3) is 0 Å². The van der Waals surface area contributed by atoms with Crippen LogP contribution in [0, 0.1) is 0 Å². The molecule has 0 aliphatic rings. The fourth-order valence-corrected chi connectivity index (χ4v) is 1.34. The van der Waals surface area contributed by atoms with E-state index in [-0.39, 0.29) is 12.0 Å². The molecule has 92 valence electrons. The molecule has 0 aromatic carbocycles. The van der Waals surface area contributed by atoms with Gasteiger partial charge in [0.25, 0.3) is 0 Å². The zero-order valence-corrected chi connectivity index (χ0v) is 10.2. The van der Waals surface area contributed by atoms with Crippen molar-refractivity contribution >= 4 is 5.97 Å². The van der Waals surface area contributed by atoms with E-state index in [1.807, 2.05) is 18.3 Å². The third kappa shape index (κ3) is 5.26. The lowest BCUT2D eigenvalue weighted by atomic mass is 10.1. The summed E-state index contributed by atoms with van der Waals surface area (Å²) in [7, 11) is 0. The fourth-order valence-electron chi connectivity index (χ4n) is 1.34. The summed E-state index contributed by atoms with van der Waals surface area (Å²) < 4.78 is 4.77. The zero-order valence-electron chi connectivity index (χ0n) is 10.2. The Morgan fingerprint density at radius 1 is 1.65 bits per heavy atom. The summed E-state index contributed by atoms with van der Waals surface area (Å²) >= 11 is 0. The molecule has 0 saturated carbocycles. The summed E-state index contributed by atoms with van der Waals surface area (Å²) in [5.41, 5.74) is 1.12. The average Bonchev–Trinajstić information content (AvgIpc) is 2.36. The van der Waals surface area contributed by atoms with Crippen LogP contribution in [-0.4, -0.2) is 24.1 Å². The Morgan fingerprint density at radius 2 is 2.47 bits per heavy atom. The molecule has 0 bridgehead atoms. The highest BCUT2D eigenvalue weighted by Gasteiger charge is 2.02. The van der Waals surface area contributed by atoms with Gasteiger partial charge >= 0.3 is 5.97 Å². The van der Waals surface area contributed by atoms with Gasteiger partial charge in [-0.15, -0.1) is 0 Å². The molecule has 4 nitrogen and oxygen atoms in total. The lowest BCUT2D eigenvalue weighted by Gasteiger charge is -2.11. The molecule has 1 atom stereocenters. The van der Waals surface area contributed by atoms with Gasteiger partial charge in [-0.2, -0.15) is 0 Å². The maximum Gasteiger partial charge on any atom is 0.330 e. The van der Waals surface area contributed by atoms with Crippen molar-refractivity contribution in [3.05, 3.63) is 42.2 Å². The van der Waals surface area contributed by atoms with Crippen LogP contribution in [0.5, 0.6) is 0 Å². The molecule has 0 amide bonds. The van der Waals surface area contributed by atoms with E-state index in [1.165, 1.54) is 6.08 Å². The molecule has 4 heteroatoms. The van der Waals surface area contributed by atoms with E-state index in [2.05, 4.69) is 17.2 Å². The van der Waals surface area contributed by atoms with Crippen molar-refractivity contribution in [1.29, 1.82) is 0 Å². The van der Waals surface area contributed by atoms with Gasteiger partial charge < -0.3 is 10.1 Å². The van der Waals surface area contributed by atoms with Gasteiger partial charge in [0, 0.05) is 31.1 Å². The van der Waals surface area contributed by atoms with Crippen LogP contribution in [0.3, 0.4) is 0 Å². The number of aromatic nitrogens is 1. The van der Waals surface area contributed by atoms with Crippen LogP contribution in [0.15, 0.2) is 36.7 Å². The minimum Gasteiger partial charge on any atom is -0.463 e. The number of ether oxygens (including phenoxy) is 1. The predicted octanol–water partition coefficient (Wildman–Crippen LogP) is 1.85. The zero-order chi connectivity index (χ0) is 12.5. The molecular formula is C13H18N2O2. The van der Waals surface area contributed by atoms with Crippen molar-refractivity contribution in [2.24, 2.45) is 0 Å². The molecule has 17 heavy (non-hydrogen) atoms. The fraction of sp³-hybridized carbons (Fsp3) is 0.385. The van der Waals surface area contributed by atoms with E-state index < -0.39 is 0 Å². The van der Waals surface area contributed by atoms with Gasteiger partial charge in [-0.25, -0.2) is 4.79 Å². The number of nitrogens with zero attached hydrogens (tertiary/aromatic N) is 1. The highest BCUT2D eigenvalue weighted by Crippen LogP contribution is 2.08. The first-order valence-electron chi connectivity index (χ1n) is 5.70. The van der Waals surface area contributed by atoms with Gasteiger partial charge in [0.2, 0.25) is 0 Å². The van der Waals surface area contributed by atoms with Gasteiger partial charge in [-0.3, -0.25) is 4.98 Å². The largest absolute Gasteiger partial charge is 0.463 e. The first-order valence-corrected chi connectivity index (χ1v) is 5.70. The highest BCUT2D eigenvalue weighted by molar-refractivity contribution is 5.81. The predicted molar refractivity (Wildman–Crippen MR) is 66.4 cm³/mol. The monoisotopic (exact) mass is 234 g/mol. The van der Waals surface area contributed by atoms with E-state index in [9.17, 15) is 4.79 Å². The molecule has 0 radical (unpaired) electrons. The first kappa shape index (κ1) is 13.4. The van der Waals surface area contributed by atoms with Crippen molar-refractivity contribution in [2.75, 3.05) is 13.2 Å². The Hall–Kier alpha value is -1.68. The molecule has 0 fully saturated rings. The Bertz CT molecular complexity index is 363. The second-order valence-corrected chi connectivity index (χ2v) is 3.57. The summed E-state index contributed by atoms with van der Waals surface area (Å²) in [6, 6.07) is 4.12. The van der Waals surface area contributed by atoms with E-state index >= 15 is 0 Å². The van der Waals surface area contributed by atoms with Crippen molar-refractivity contribution < 1.29 is 9.53 Å². The van der Waals surface area contributed by atoms with Crippen LogP contribution < -0.4 is 5.32 Å². The normalized spacial score (nSPS) is 12.6.